The van der Waals surface area contributed by atoms with Crippen molar-refractivity contribution in [3.05, 3.63) is 46.4 Å². The first-order valence-corrected chi connectivity index (χ1v) is 16.5. The molecular formula is C22H4F4N2S8. The molecule has 0 fully saturated rings. The van der Waals surface area contributed by atoms with Crippen LogP contribution in [0, 0.1) is 22.2 Å². The number of fused-ring (bicyclic) bond motifs is 6. The molecule has 0 aliphatic rings. The predicted molar refractivity (Wildman–Crippen MR) is 151 cm³/mol. The average molecular weight is 629 g/mol. The van der Waals surface area contributed by atoms with Crippen LogP contribution in [0.2, 0.25) is 0 Å². The topological polar surface area (TPSA) is 25.8 Å². The van der Waals surface area contributed by atoms with E-state index in [1.54, 1.807) is 0 Å². The zero-order valence-electron chi connectivity index (χ0n) is 17.0. The standard InChI is InChI=1S/C22H4F4N2S8/c23-11-3-9-15(33-11)13-5(29-9)1-7(31-13)17-19(25)27-21(35-17)22-28-20(26)18(36-22)8-2-6-14(32-8)16-10(30-6)4-12(24)34-16/h1-4H. The molecule has 0 N–H and O–H groups in total. The van der Waals surface area contributed by atoms with Crippen molar-refractivity contribution in [2.24, 2.45) is 0 Å². The lowest BCUT2D eigenvalue weighted by Gasteiger charge is -1.89. The highest BCUT2D eigenvalue weighted by atomic mass is 32.1. The zero-order chi connectivity index (χ0) is 24.3. The molecule has 0 bridgehead atoms. The van der Waals surface area contributed by atoms with E-state index in [2.05, 4.69) is 9.97 Å². The Labute approximate surface area is 230 Å². The van der Waals surface area contributed by atoms with Gasteiger partial charge in [-0.3, -0.25) is 0 Å². The van der Waals surface area contributed by atoms with Gasteiger partial charge in [0.1, 0.15) is 9.75 Å². The van der Waals surface area contributed by atoms with Crippen molar-refractivity contribution in [3.63, 3.8) is 0 Å². The van der Waals surface area contributed by atoms with E-state index >= 15 is 0 Å². The third-order valence-electron chi connectivity index (χ3n) is 5.39. The summed E-state index contributed by atoms with van der Waals surface area (Å²) in [6.45, 7) is 0. The van der Waals surface area contributed by atoms with Crippen molar-refractivity contribution in [1.82, 2.24) is 9.97 Å². The number of halogens is 4. The molecule has 2 nitrogen and oxygen atoms in total. The van der Waals surface area contributed by atoms with Gasteiger partial charge >= 0.3 is 0 Å². The SMILES string of the molecule is Fc1cc2sc3cc(-c4sc(-c5nc(F)c(-c6cc7sc8cc(F)sc8c7s6)s5)nc4F)sc3c2s1. The van der Waals surface area contributed by atoms with Crippen molar-refractivity contribution in [2.45, 2.75) is 0 Å². The van der Waals surface area contributed by atoms with Crippen LogP contribution in [-0.4, -0.2) is 9.97 Å². The summed E-state index contributed by atoms with van der Waals surface area (Å²) < 4.78 is 64.5. The molecule has 0 radical (unpaired) electrons. The fraction of sp³-hybridized carbons (Fsp3) is 0. The maximum Gasteiger partial charge on any atom is 0.233 e. The molecule has 36 heavy (non-hydrogen) atoms. The van der Waals surface area contributed by atoms with Crippen LogP contribution in [0.4, 0.5) is 17.6 Å². The summed E-state index contributed by atoms with van der Waals surface area (Å²) in [7, 11) is 0. The van der Waals surface area contributed by atoms with Crippen molar-refractivity contribution in [2.75, 3.05) is 0 Å². The minimum atomic E-state index is -0.631. The summed E-state index contributed by atoms with van der Waals surface area (Å²) in [6.07, 6.45) is 0. The Morgan fingerprint density at radius 1 is 0.444 bits per heavy atom. The highest BCUT2D eigenvalue weighted by Crippen LogP contribution is 2.50. The van der Waals surface area contributed by atoms with E-state index in [0.717, 1.165) is 82.9 Å². The summed E-state index contributed by atoms with van der Waals surface area (Å²) in [4.78, 5) is 10.2. The van der Waals surface area contributed by atoms with Crippen LogP contribution in [-0.2, 0) is 0 Å². The van der Waals surface area contributed by atoms with Crippen molar-refractivity contribution >= 4 is 128 Å². The van der Waals surface area contributed by atoms with Gasteiger partial charge in [0.25, 0.3) is 0 Å². The zero-order valence-corrected chi connectivity index (χ0v) is 23.5. The maximum atomic E-state index is 14.9. The van der Waals surface area contributed by atoms with Crippen LogP contribution in [0.25, 0.3) is 67.1 Å². The minimum absolute atomic E-state index is 0.237. The van der Waals surface area contributed by atoms with E-state index in [9.17, 15) is 17.6 Å². The molecule has 14 heteroatoms. The molecular weight excluding hydrogens is 625 g/mol. The van der Waals surface area contributed by atoms with Gasteiger partial charge in [-0.15, -0.1) is 90.7 Å². The number of rotatable bonds is 3. The number of hydrogen-bond donors (Lipinski definition) is 0. The van der Waals surface area contributed by atoms with E-state index in [0.29, 0.717) is 29.5 Å². The number of thiophene rings is 6. The lowest BCUT2D eigenvalue weighted by Crippen LogP contribution is -1.78. The second-order valence-corrected chi connectivity index (χ2v) is 15.9. The molecule has 0 spiro atoms. The van der Waals surface area contributed by atoms with Crippen molar-refractivity contribution < 1.29 is 17.6 Å². The third-order valence-corrected chi connectivity index (χ3v) is 15.1. The Balaban J connectivity index is 1.18. The lowest BCUT2D eigenvalue weighted by atomic mass is 10.4. The van der Waals surface area contributed by atoms with E-state index < -0.39 is 11.9 Å². The van der Waals surface area contributed by atoms with Crippen LogP contribution >= 0.6 is 90.7 Å². The molecule has 0 saturated carbocycles. The predicted octanol–water partition coefficient (Wildman–Crippen LogP) is 11.1. The van der Waals surface area contributed by atoms with Gasteiger partial charge in [-0.1, -0.05) is 0 Å². The molecule has 0 amide bonds. The summed E-state index contributed by atoms with van der Waals surface area (Å²) in [6, 6.07) is 6.84. The highest BCUT2D eigenvalue weighted by molar-refractivity contribution is 7.40. The summed E-state index contributed by atoms with van der Waals surface area (Å²) in [5, 5.41) is 0.141. The van der Waals surface area contributed by atoms with Crippen LogP contribution in [0.1, 0.15) is 0 Å². The van der Waals surface area contributed by atoms with Crippen LogP contribution in [0.15, 0.2) is 24.3 Å². The fourth-order valence-corrected chi connectivity index (χ4v) is 13.5. The van der Waals surface area contributed by atoms with Gasteiger partial charge in [0.2, 0.25) is 11.9 Å². The van der Waals surface area contributed by atoms with Crippen LogP contribution in [0.5, 0.6) is 0 Å². The number of thiazole rings is 2. The second-order valence-electron chi connectivity index (χ2n) is 7.58. The van der Waals surface area contributed by atoms with E-state index in [-0.39, 0.29) is 10.3 Å². The van der Waals surface area contributed by atoms with Gasteiger partial charge in [-0.2, -0.15) is 17.6 Å². The Hall–Kier alpha value is -1.78. The normalized spacial score (nSPS) is 12.4. The quantitative estimate of drug-likeness (QED) is 0.182. The van der Waals surface area contributed by atoms with E-state index in [4.69, 9.17) is 0 Å². The summed E-state index contributed by atoms with van der Waals surface area (Å²) in [5.74, 6) is -1.26. The van der Waals surface area contributed by atoms with Crippen molar-refractivity contribution in [3.8, 4) is 29.5 Å². The molecule has 8 aromatic heterocycles. The van der Waals surface area contributed by atoms with E-state index in [1.165, 1.54) is 57.5 Å². The number of hydrogen-bond acceptors (Lipinski definition) is 10. The first-order chi connectivity index (χ1) is 17.4. The summed E-state index contributed by atoms with van der Waals surface area (Å²) >= 11 is 10.2. The molecule has 0 unspecified atom stereocenters. The lowest BCUT2D eigenvalue weighted by molar-refractivity contribution is 0.592. The first kappa shape index (κ1) is 22.2. The first-order valence-electron chi connectivity index (χ1n) is 9.98. The molecule has 8 aromatic rings. The molecule has 0 aliphatic heterocycles. The van der Waals surface area contributed by atoms with Crippen LogP contribution in [0.3, 0.4) is 0 Å². The van der Waals surface area contributed by atoms with Gasteiger partial charge in [-0.25, -0.2) is 9.97 Å². The van der Waals surface area contributed by atoms with Gasteiger partial charge in [0.05, 0.1) is 38.0 Å². The largest absolute Gasteiger partial charge is 0.233 e. The minimum Gasteiger partial charge on any atom is -0.205 e. The van der Waals surface area contributed by atoms with Crippen LogP contribution < -0.4 is 0 Å². The Morgan fingerprint density at radius 3 is 1.28 bits per heavy atom. The second kappa shape index (κ2) is 7.86. The maximum absolute atomic E-state index is 14.9. The molecule has 0 aromatic carbocycles. The van der Waals surface area contributed by atoms with Gasteiger partial charge in [-0.05, 0) is 12.1 Å². The molecule has 0 aliphatic carbocycles. The molecule has 8 rings (SSSR count). The highest BCUT2D eigenvalue weighted by Gasteiger charge is 2.24. The fourth-order valence-electron chi connectivity index (χ4n) is 3.93. The Bertz CT molecular complexity index is 1970. The van der Waals surface area contributed by atoms with Gasteiger partial charge in [0.15, 0.2) is 20.3 Å². The molecule has 0 atom stereocenters. The molecule has 8 heterocycles. The number of aromatic nitrogens is 2. The van der Waals surface area contributed by atoms with E-state index in [1.807, 2.05) is 12.1 Å². The Kier molecular flexibility index (Phi) is 4.86. The smallest absolute Gasteiger partial charge is 0.205 e. The number of nitrogens with zero attached hydrogens (tertiary/aromatic N) is 2. The Morgan fingerprint density at radius 2 is 0.833 bits per heavy atom. The van der Waals surface area contributed by atoms with Gasteiger partial charge in [0, 0.05) is 21.5 Å². The molecule has 178 valence electrons. The van der Waals surface area contributed by atoms with Crippen molar-refractivity contribution in [1.29, 1.82) is 0 Å². The molecule has 0 saturated heterocycles. The average Bonchev–Trinajstić information content (AvgIpc) is 3.62. The monoisotopic (exact) mass is 628 g/mol. The summed E-state index contributed by atoms with van der Waals surface area (Å²) in [5.41, 5.74) is 0. The van der Waals surface area contributed by atoms with Gasteiger partial charge < -0.3 is 0 Å². The third kappa shape index (κ3) is 3.26.